The van der Waals surface area contributed by atoms with Crippen LogP contribution in [0, 0.1) is 17.8 Å². The fourth-order valence-corrected chi connectivity index (χ4v) is 4.97. The minimum absolute atomic E-state index is 0.0559. The Morgan fingerprint density at radius 2 is 1.79 bits per heavy atom. The highest BCUT2D eigenvalue weighted by atomic mass is 127. The third-order valence-corrected chi connectivity index (χ3v) is 7.51. The highest BCUT2D eigenvalue weighted by molar-refractivity contribution is 14.1. The van der Waals surface area contributed by atoms with E-state index in [1.165, 1.54) is 5.57 Å². The Labute approximate surface area is 190 Å². The first-order valence-corrected chi connectivity index (χ1v) is 12.4. The number of ether oxygens (including phenoxy) is 4. The number of hydrogen-bond acceptors (Lipinski definition) is 4. The standard InChI is InChI=1S/C22H38ClIO4/c1-13(11-24)9-14(2)19-16(4)20(28-22(7,8)27-19)15(3)10-17(23)18-12-25-21(5,6)26-18/h9,13,15-20H,10-12H2,1-8H3/b14-9+/t13-,15+,16+,17-,18-,19-,20-/m0/s1. The molecule has 0 aliphatic carbocycles. The second-order valence-corrected chi connectivity index (χ2v) is 11.0. The fraction of sp³-hybridized carbons (Fsp3) is 0.909. The molecule has 0 spiro atoms. The minimum atomic E-state index is -0.616. The van der Waals surface area contributed by atoms with Gasteiger partial charge in [-0.3, -0.25) is 0 Å². The lowest BCUT2D eigenvalue weighted by Crippen LogP contribution is -2.53. The molecule has 6 heteroatoms. The normalized spacial score (nSPS) is 36.1. The molecule has 28 heavy (non-hydrogen) atoms. The van der Waals surface area contributed by atoms with E-state index < -0.39 is 11.6 Å². The quantitative estimate of drug-likeness (QED) is 0.233. The lowest BCUT2D eigenvalue weighted by atomic mass is 9.82. The second kappa shape index (κ2) is 9.82. The van der Waals surface area contributed by atoms with Gasteiger partial charge in [0, 0.05) is 10.3 Å². The molecule has 4 nitrogen and oxygen atoms in total. The fourth-order valence-electron chi connectivity index (χ4n) is 4.31. The summed E-state index contributed by atoms with van der Waals surface area (Å²) < 4.78 is 25.5. The van der Waals surface area contributed by atoms with Crippen molar-refractivity contribution in [1.29, 1.82) is 0 Å². The Bertz CT molecular complexity index is 551. The Kier molecular flexibility index (Phi) is 8.72. The molecule has 2 aliphatic heterocycles. The van der Waals surface area contributed by atoms with Crippen molar-refractivity contribution >= 4 is 34.2 Å². The molecule has 0 aromatic carbocycles. The summed E-state index contributed by atoms with van der Waals surface area (Å²) in [6.45, 7) is 17.3. The van der Waals surface area contributed by atoms with Crippen molar-refractivity contribution in [3.8, 4) is 0 Å². The zero-order valence-corrected chi connectivity index (χ0v) is 21.5. The summed E-state index contributed by atoms with van der Waals surface area (Å²) in [6.07, 6.45) is 3.21. The van der Waals surface area contributed by atoms with Crippen LogP contribution in [0.25, 0.3) is 0 Å². The van der Waals surface area contributed by atoms with Crippen molar-refractivity contribution < 1.29 is 18.9 Å². The van der Waals surface area contributed by atoms with Gasteiger partial charge in [0.2, 0.25) is 0 Å². The van der Waals surface area contributed by atoms with E-state index in [1.807, 2.05) is 27.7 Å². The van der Waals surface area contributed by atoms with Gasteiger partial charge in [-0.1, -0.05) is 49.4 Å². The van der Waals surface area contributed by atoms with Crippen molar-refractivity contribution in [3.63, 3.8) is 0 Å². The first-order chi connectivity index (χ1) is 12.8. The van der Waals surface area contributed by atoms with E-state index in [0.29, 0.717) is 12.5 Å². The molecule has 7 atom stereocenters. The maximum absolute atomic E-state index is 6.73. The Morgan fingerprint density at radius 1 is 1.14 bits per heavy atom. The molecule has 164 valence electrons. The van der Waals surface area contributed by atoms with Gasteiger partial charge in [0.15, 0.2) is 11.6 Å². The average molecular weight is 529 g/mol. The van der Waals surface area contributed by atoms with E-state index >= 15 is 0 Å². The van der Waals surface area contributed by atoms with Gasteiger partial charge in [-0.05, 0) is 58.4 Å². The summed E-state index contributed by atoms with van der Waals surface area (Å²) in [5.41, 5.74) is 1.29. The van der Waals surface area contributed by atoms with Crippen molar-refractivity contribution in [2.75, 3.05) is 11.0 Å². The number of hydrogen-bond donors (Lipinski definition) is 0. The van der Waals surface area contributed by atoms with Crippen LogP contribution in [0.4, 0.5) is 0 Å². The molecule has 0 N–H and O–H groups in total. The van der Waals surface area contributed by atoms with E-state index in [-0.39, 0.29) is 35.5 Å². The molecule has 2 saturated heterocycles. The van der Waals surface area contributed by atoms with Crippen LogP contribution in [-0.4, -0.2) is 46.3 Å². The second-order valence-electron chi connectivity index (χ2n) is 9.52. The van der Waals surface area contributed by atoms with Crippen molar-refractivity contribution in [1.82, 2.24) is 0 Å². The van der Waals surface area contributed by atoms with Gasteiger partial charge in [0.25, 0.3) is 0 Å². The van der Waals surface area contributed by atoms with E-state index in [4.69, 9.17) is 30.5 Å². The number of rotatable bonds is 7. The van der Waals surface area contributed by atoms with Crippen LogP contribution in [0.3, 0.4) is 0 Å². The highest BCUT2D eigenvalue weighted by Gasteiger charge is 2.45. The molecular weight excluding hydrogens is 491 g/mol. The number of alkyl halides is 2. The minimum Gasteiger partial charge on any atom is -0.348 e. The Hall–Kier alpha value is 0.600. The lowest BCUT2D eigenvalue weighted by Gasteiger charge is -2.48. The van der Waals surface area contributed by atoms with Crippen molar-refractivity contribution in [2.45, 2.75) is 97.1 Å². The maximum atomic E-state index is 6.73. The first kappa shape index (κ1) is 24.9. The Morgan fingerprint density at radius 3 is 2.32 bits per heavy atom. The summed E-state index contributed by atoms with van der Waals surface area (Å²) in [5, 5.41) is -0.104. The SMILES string of the molecule is C/C(=C\[C@H](C)CI)[C@@H]1OC(C)(C)O[C@@H]([C@H](C)C[C@H](Cl)[C@@H]2COC(C)(C)O2)[C@@H]1C. The lowest BCUT2D eigenvalue weighted by molar-refractivity contribution is -0.319. The van der Waals surface area contributed by atoms with Crippen molar-refractivity contribution in [3.05, 3.63) is 11.6 Å². The zero-order valence-electron chi connectivity index (χ0n) is 18.6. The van der Waals surface area contributed by atoms with Crippen molar-refractivity contribution in [2.24, 2.45) is 17.8 Å². The van der Waals surface area contributed by atoms with E-state index in [1.54, 1.807) is 0 Å². The zero-order chi connectivity index (χ0) is 21.3. The number of halogens is 2. The topological polar surface area (TPSA) is 36.9 Å². The van der Waals surface area contributed by atoms with E-state index in [2.05, 4.69) is 56.4 Å². The van der Waals surface area contributed by atoms with Crippen LogP contribution in [0.5, 0.6) is 0 Å². The smallest absolute Gasteiger partial charge is 0.163 e. The molecule has 0 radical (unpaired) electrons. The first-order valence-electron chi connectivity index (χ1n) is 10.4. The van der Waals surface area contributed by atoms with Gasteiger partial charge in [0.05, 0.1) is 24.2 Å². The summed E-state index contributed by atoms with van der Waals surface area (Å²) in [6, 6.07) is 0. The Balaban J connectivity index is 2.08. The predicted octanol–water partition coefficient (Wildman–Crippen LogP) is 5.95. The molecule has 0 aromatic heterocycles. The molecule has 0 bridgehead atoms. The molecule has 0 amide bonds. The molecule has 2 heterocycles. The van der Waals surface area contributed by atoms with Crippen LogP contribution in [0.2, 0.25) is 0 Å². The molecule has 2 aliphatic rings. The summed E-state index contributed by atoms with van der Waals surface area (Å²) in [5.74, 6) is -0.0935. The van der Waals surface area contributed by atoms with Crippen LogP contribution in [0.15, 0.2) is 11.6 Å². The monoisotopic (exact) mass is 528 g/mol. The van der Waals surface area contributed by atoms with E-state index in [0.717, 1.165) is 10.8 Å². The van der Waals surface area contributed by atoms with Gasteiger partial charge >= 0.3 is 0 Å². The van der Waals surface area contributed by atoms with Gasteiger partial charge in [0.1, 0.15) is 6.10 Å². The van der Waals surface area contributed by atoms with Gasteiger partial charge in [-0.15, -0.1) is 11.6 Å². The third-order valence-electron chi connectivity index (χ3n) is 5.66. The maximum Gasteiger partial charge on any atom is 0.163 e. The highest BCUT2D eigenvalue weighted by Crippen LogP contribution is 2.40. The van der Waals surface area contributed by atoms with Gasteiger partial charge < -0.3 is 18.9 Å². The van der Waals surface area contributed by atoms with E-state index in [9.17, 15) is 0 Å². The predicted molar refractivity (Wildman–Crippen MR) is 123 cm³/mol. The van der Waals surface area contributed by atoms with Crippen LogP contribution in [-0.2, 0) is 18.9 Å². The van der Waals surface area contributed by atoms with Gasteiger partial charge in [-0.2, -0.15) is 0 Å². The molecule has 2 rings (SSSR count). The third kappa shape index (κ3) is 6.55. The molecule has 2 fully saturated rings. The van der Waals surface area contributed by atoms with Crippen LogP contribution in [0.1, 0.15) is 61.8 Å². The largest absolute Gasteiger partial charge is 0.348 e. The van der Waals surface area contributed by atoms with Crippen LogP contribution >= 0.6 is 34.2 Å². The summed E-state index contributed by atoms with van der Waals surface area (Å²) in [7, 11) is 0. The number of allylic oxidation sites excluding steroid dienone is 1. The van der Waals surface area contributed by atoms with Gasteiger partial charge in [-0.25, -0.2) is 0 Å². The average Bonchev–Trinajstić information content (AvgIpc) is 2.96. The summed E-state index contributed by atoms with van der Waals surface area (Å²) >= 11 is 9.16. The van der Waals surface area contributed by atoms with Crippen LogP contribution < -0.4 is 0 Å². The summed E-state index contributed by atoms with van der Waals surface area (Å²) in [4.78, 5) is 0. The molecule has 0 unspecified atom stereocenters. The molecule has 0 aromatic rings. The molecular formula is C22H38ClIO4. The molecule has 0 saturated carbocycles.